The van der Waals surface area contributed by atoms with Crippen molar-refractivity contribution in [2.45, 2.75) is 13.8 Å². The number of aromatic hydroxyl groups is 1. The minimum Gasteiger partial charge on any atom is -0.507 e. The number of nitrogens with one attached hydrogen (secondary N) is 1. The molecule has 0 aromatic heterocycles. The van der Waals surface area contributed by atoms with Crippen LogP contribution in [-0.4, -0.2) is 37.4 Å². The number of hydrogen-bond donors (Lipinski definition) is 2. The first-order valence-corrected chi connectivity index (χ1v) is 8.03. The Morgan fingerprint density at radius 2 is 1.96 bits per heavy atom. The van der Waals surface area contributed by atoms with Gasteiger partial charge in [-0.1, -0.05) is 6.07 Å². The molecular formula is C19H23N3O2. The van der Waals surface area contributed by atoms with E-state index in [1.807, 2.05) is 18.2 Å². The molecule has 2 aromatic carbocycles. The number of nitrogens with zero attached hydrogens (tertiary/aromatic N) is 2. The summed E-state index contributed by atoms with van der Waals surface area (Å²) in [6.45, 7) is 5.93. The second kappa shape index (κ2) is 8.15. The standard InChI is InChI=1S/C19H23N3O2/c1-4-22(5-2)17-10-9-15(18(23)12-17)13-21-16-8-6-7-14(11-16)19(24)20-3/h6-13,23H,4-5H2,1-3H3,(H,20,24). The largest absolute Gasteiger partial charge is 0.507 e. The molecule has 0 saturated heterocycles. The highest BCUT2D eigenvalue weighted by Crippen LogP contribution is 2.24. The van der Waals surface area contributed by atoms with E-state index in [4.69, 9.17) is 0 Å². The number of rotatable bonds is 6. The Kier molecular flexibility index (Phi) is 5.95. The molecule has 0 spiro atoms. The normalized spacial score (nSPS) is 10.8. The summed E-state index contributed by atoms with van der Waals surface area (Å²) in [5.74, 6) is 0.0316. The van der Waals surface area contributed by atoms with Crippen molar-refractivity contribution in [2.24, 2.45) is 4.99 Å². The third-order valence-corrected chi connectivity index (χ3v) is 3.83. The molecule has 5 heteroatoms. The molecule has 0 radical (unpaired) electrons. The van der Waals surface area contributed by atoms with Gasteiger partial charge in [-0.05, 0) is 44.2 Å². The van der Waals surface area contributed by atoms with E-state index in [9.17, 15) is 9.90 Å². The molecule has 0 atom stereocenters. The molecular weight excluding hydrogens is 302 g/mol. The fourth-order valence-corrected chi connectivity index (χ4v) is 2.44. The summed E-state index contributed by atoms with van der Waals surface area (Å²) in [5, 5.41) is 12.8. The summed E-state index contributed by atoms with van der Waals surface area (Å²) in [4.78, 5) is 18.2. The maximum atomic E-state index is 11.6. The van der Waals surface area contributed by atoms with Crippen LogP contribution < -0.4 is 10.2 Å². The molecule has 2 N–H and O–H groups in total. The summed E-state index contributed by atoms with van der Waals surface area (Å²) in [6, 6.07) is 12.6. The van der Waals surface area contributed by atoms with Gasteiger partial charge in [0.25, 0.3) is 5.91 Å². The smallest absolute Gasteiger partial charge is 0.251 e. The Bertz CT molecular complexity index is 737. The lowest BCUT2D eigenvalue weighted by molar-refractivity contribution is 0.0963. The monoisotopic (exact) mass is 325 g/mol. The minimum absolute atomic E-state index is 0.154. The first-order valence-electron chi connectivity index (χ1n) is 8.03. The Morgan fingerprint density at radius 1 is 1.21 bits per heavy atom. The highest BCUT2D eigenvalue weighted by molar-refractivity contribution is 5.95. The summed E-state index contributed by atoms with van der Waals surface area (Å²) in [5.41, 5.74) is 2.82. The van der Waals surface area contributed by atoms with Gasteiger partial charge in [-0.2, -0.15) is 0 Å². The first kappa shape index (κ1) is 17.5. The van der Waals surface area contributed by atoms with Gasteiger partial charge in [-0.15, -0.1) is 0 Å². The van der Waals surface area contributed by atoms with Gasteiger partial charge in [-0.3, -0.25) is 9.79 Å². The number of anilines is 1. The maximum absolute atomic E-state index is 11.6. The summed E-state index contributed by atoms with van der Waals surface area (Å²) < 4.78 is 0. The van der Waals surface area contributed by atoms with Gasteiger partial charge in [-0.25, -0.2) is 0 Å². The molecule has 0 fully saturated rings. The zero-order chi connectivity index (χ0) is 17.5. The SMILES string of the molecule is CCN(CC)c1ccc(C=Nc2cccc(C(=O)NC)c2)c(O)c1. The average Bonchev–Trinajstić information content (AvgIpc) is 2.61. The molecule has 0 aliphatic rings. The van der Waals surface area contributed by atoms with E-state index in [1.165, 1.54) is 0 Å². The van der Waals surface area contributed by atoms with Crippen molar-refractivity contribution in [3.8, 4) is 5.75 Å². The fraction of sp³-hybridized carbons (Fsp3) is 0.263. The molecule has 1 amide bonds. The van der Waals surface area contributed by atoms with E-state index in [0.717, 1.165) is 18.8 Å². The Morgan fingerprint density at radius 3 is 2.58 bits per heavy atom. The van der Waals surface area contributed by atoms with Crippen LogP contribution in [0.2, 0.25) is 0 Å². The summed E-state index contributed by atoms with van der Waals surface area (Å²) in [6.07, 6.45) is 1.60. The Balaban J connectivity index is 2.22. The van der Waals surface area contributed by atoms with Crippen molar-refractivity contribution >= 4 is 23.5 Å². The van der Waals surface area contributed by atoms with Crippen molar-refractivity contribution in [3.05, 3.63) is 53.6 Å². The molecule has 0 unspecified atom stereocenters. The lowest BCUT2D eigenvalue weighted by Gasteiger charge is -2.21. The van der Waals surface area contributed by atoms with Crippen LogP contribution in [0.25, 0.3) is 0 Å². The van der Waals surface area contributed by atoms with E-state index < -0.39 is 0 Å². The van der Waals surface area contributed by atoms with Gasteiger partial charge in [0.1, 0.15) is 5.75 Å². The number of carbonyl (C=O) groups excluding carboxylic acids is 1. The van der Waals surface area contributed by atoms with Crippen LogP contribution in [0, 0.1) is 0 Å². The van der Waals surface area contributed by atoms with E-state index in [1.54, 1.807) is 37.5 Å². The molecule has 2 rings (SSSR count). The molecule has 2 aromatic rings. The van der Waals surface area contributed by atoms with Crippen molar-refractivity contribution < 1.29 is 9.90 Å². The molecule has 0 bridgehead atoms. The molecule has 0 aliphatic carbocycles. The molecule has 126 valence electrons. The topological polar surface area (TPSA) is 64.9 Å². The number of phenolic OH excluding ortho intramolecular Hbond substituents is 1. The van der Waals surface area contributed by atoms with E-state index >= 15 is 0 Å². The zero-order valence-corrected chi connectivity index (χ0v) is 14.3. The summed E-state index contributed by atoms with van der Waals surface area (Å²) in [7, 11) is 1.59. The van der Waals surface area contributed by atoms with Gasteiger partial charge in [0.2, 0.25) is 0 Å². The van der Waals surface area contributed by atoms with Crippen LogP contribution in [0.4, 0.5) is 11.4 Å². The molecule has 24 heavy (non-hydrogen) atoms. The van der Waals surface area contributed by atoms with Gasteiger partial charge in [0.15, 0.2) is 0 Å². The number of phenols is 1. The van der Waals surface area contributed by atoms with Crippen molar-refractivity contribution in [1.29, 1.82) is 0 Å². The first-order chi connectivity index (χ1) is 11.6. The van der Waals surface area contributed by atoms with Gasteiger partial charge < -0.3 is 15.3 Å². The van der Waals surface area contributed by atoms with Crippen LogP contribution >= 0.6 is 0 Å². The maximum Gasteiger partial charge on any atom is 0.251 e. The quantitative estimate of drug-likeness (QED) is 0.801. The predicted molar refractivity (Wildman–Crippen MR) is 98.8 cm³/mol. The Labute approximate surface area is 142 Å². The van der Waals surface area contributed by atoms with Crippen LogP contribution in [0.1, 0.15) is 29.8 Å². The second-order valence-electron chi connectivity index (χ2n) is 5.30. The predicted octanol–water partition coefficient (Wildman–Crippen LogP) is 3.35. The number of benzene rings is 2. The third-order valence-electron chi connectivity index (χ3n) is 3.83. The number of amides is 1. The van der Waals surface area contributed by atoms with Crippen LogP contribution in [0.15, 0.2) is 47.5 Å². The minimum atomic E-state index is -0.154. The number of carbonyl (C=O) groups is 1. The third kappa shape index (κ3) is 4.13. The van der Waals surface area contributed by atoms with Gasteiger partial charge >= 0.3 is 0 Å². The van der Waals surface area contributed by atoms with Crippen LogP contribution in [-0.2, 0) is 0 Å². The number of aliphatic imine (C=N–C) groups is 1. The van der Waals surface area contributed by atoms with Crippen LogP contribution in [0.3, 0.4) is 0 Å². The molecule has 0 heterocycles. The molecule has 0 aliphatic heterocycles. The van der Waals surface area contributed by atoms with Crippen molar-refractivity contribution in [2.75, 3.05) is 25.0 Å². The molecule has 0 saturated carbocycles. The lowest BCUT2D eigenvalue weighted by Crippen LogP contribution is -2.21. The lowest BCUT2D eigenvalue weighted by atomic mass is 10.1. The van der Waals surface area contributed by atoms with Crippen molar-refractivity contribution in [3.63, 3.8) is 0 Å². The van der Waals surface area contributed by atoms with Crippen LogP contribution in [0.5, 0.6) is 5.75 Å². The van der Waals surface area contributed by atoms with E-state index in [0.29, 0.717) is 16.8 Å². The number of hydrogen-bond acceptors (Lipinski definition) is 4. The van der Waals surface area contributed by atoms with Gasteiger partial charge in [0, 0.05) is 49.2 Å². The Hall–Kier alpha value is -2.82. The zero-order valence-electron chi connectivity index (χ0n) is 14.3. The highest BCUT2D eigenvalue weighted by Gasteiger charge is 2.06. The van der Waals surface area contributed by atoms with E-state index in [-0.39, 0.29) is 11.7 Å². The average molecular weight is 325 g/mol. The molecule has 5 nitrogen and oxygen atoms in total. The highest BCUT2D eigenvalue weighted by atomic mass is 16.3. The summed E-state index contributed by atoms with van der Waals surface area (Å²) >= 11 is 0. The van der Waals surface area contributed by atoms with Crippen molar-refractivity contribution in [1.82, 2.24) is 5.32 Å². The fourth-order valence-electron chi connectivity index (χ4n) is 2.44. The van der Waals surface area contributed by atoms with Gasteiger partial charge in [0.05, 0.1) is 5.69 Å². The van der Waals surface area contributed by atoms with E-state index in [2.05, 4.69) is 29.1 Å². The second-order valence-corrected chi connectivity index (χ2v) is 5.30.